The number of benzene rings is 3. The van der Waals surface area contributed by atoms with E-state index in [0.717, 1.165) is 16.9 Å². The number of Topliss-reactive ketones (excluding diaryl/α,β-unsaturated/α-hetero) is 1. The molecule has 204 valence electrons. The number of ketones is 1. The molecular formula is C28H21Cl2N3O5S2. The van der Waals surface area contributed by atoms with Gasteiger partial charge in [0, 0.05) is 21.4 Å². The summed E-state index contributed by atoms with van der Waals surface area (Å²) in [5.41, 5.74) is 1.67. The number of anilines is 1. The number of nitrogens with zero attached hydrogens (tertiary/aromatic N) is 3. The molecule has 5 rings (SSSR count). The van der Waals surface area contributed by atoms with Crippen LogP contribution in [-0.4, -0.2) is 41.2 Å². The van der Waals surface area contributed by atoms with Crippen LogP contribution < -0.4 is 14.4 Å². The first-order valence-electron chi connectivity index (χ1n) is 11.8. The average Bonchev–Trinajstić information content (AvgIpc) is 3.54. The summed E-state index contributed by atoms with van der Waals surface area (Å²) in [4.78, 5) is 28.2. The van der Waals surface area contributed by atoms with Gasteiger partial charge in [0.25, 0.3) is 5.78 Å². The molecule has 1 atom stereocenters. The lowest BCUT2D eigenvalue weighted by molar-refractivity contribution is -0.132. The summed E-state index contributed by atoms with van der Waals surface area (Å²) >= 11 is 14.9. The molecule has 1 aromatic heterocycles. The highest BCUT2D eigenvalue weighted by Crippen LogP contribution is 2.45. The Morgan fingerprint density at radius 3 is 2.42 bits per heavy atom. The lowest BCUT2D eigenvalue weighted by Crippen LogP contribution is -2.29. The number of aromatic nitrogens is 2. The molecule has 0 radical (unpaired) electrons. The highest BCUT2D eigenvalue weighted by molar-refractivity contribution is 8.00. The summed E-state index contributed by atoms with van der Waals surface area (Å²) in [6.07, 6.45) is 0. The SMILES string of the molecule is COc1ccc(C2/C(=C(/O)c3ccc(Cl)cc3)C(=O)C(=O)N2c2nnc(SCc3ccccc3Cl)s2)cc1OC. The zero-order valence-electron chi connectivity index (χ0n) is 21.1. The highest BCUT2D eigenvalue weighted by Gasteiger charge is 2.48. The zero-order valence-corrected chi connectivity index (χ0v) is 24.3. The normalized spacial score (nSPS) is 16.4. The summed E-state index contributed by atoms with van der Waals surface area (Å²) in [6, 6.07) is 17.8. The van der Waals surface area contributed by atoms with Gasteiger partial charge in [-0.1, -0.05) is 70.6 Å². The largest absolute Gasteiger partial charge is 0.507 e. The first-order chi connectivity index (χ1) is 19.3. The summed E-state index contributed by atoms with van der Waals surface area (Å²) < 4.78 is 11.4. The second-order valence-corrected chi connectivity index (χ2v) is 11.5. The van der Waals surface area contributed by atoms with Gasteiger partial charge in [0.15, 0.2) is 15.8 Å². The second kappa shape index (κ2) is 11.9. The molecule has 1 amide bonds. The third kappa shape index (κ3) is 5.40. The standard InChI is InChI=1S/C28H21Cl2N3O5S2/c1-37-20-12-9-16(13-21(20)38-2)23-22(24(34)15-7-10-18(29)11-8-15)25(35)26(36)33(23)27-31-32-28(40-27)39-14-17-5-3-4-6-19(17)30/h3-13,23,34H,14H2,1-2H3/b24-22-. The van der Waals surface area contributed by atoms with Crippen molar-refractivity contribution in [2.45, 2.75) is 16.1 Å². The zero-order chi connectivity index (χ0) is 28.4. The molecule has 0 saturated carbocycles. The second-order valence-electron chi connectivity index (χ2n) is 8.52. The van der Waals surface area contributed by atoms with Crippen molar-refractivity contribution in [1.29, 1.82) is 0 Å². The summed E-state index contributed by atoms with van der Waals surface area (Å²) in [5, 5.41) is 21.1. The number of amides is 1. The predicted molar refractivity (Wildman–Crippen MR) is 157 cm³/mol. The van der Waals surface area contributed by atoms with E-state index < -0.39 is 17.7 Å². The number of carbonyl (C=O) groups excluding carboxylic acids is 2. The molecule has 1 fully saturated rings. The van der Waals surface area contributed by atoms with Gasteiger partial charge in [-0.2, -0.15) is 0 Å². The molecule has 0 spiro atoms. The monoisotopic (exact) mass is 613 g/mol. The number of rotatable bonds is 8. The summed E-state index contributed by atoms with van der Waals surface area (Å²) in [7, 11) is 2.99. The molecular weight excluding hydrogens is 593 g/mol. The lowest BCUT2D eigenvalue weighted by atomic mass is 9.95. The first kappa shape index (κ1) is 28.0. The molecule has 1 N–H and O–H groups in total. The van der Waals surface area contributed by atoms with E-state index in [1.54, 1.807) is 42.5 Å². The molecule has 4 aromatic rings. The van der Waals surface area contributed by atoms with Gasteiger partial charge in [-0.25, -0.2) is 0 Å². The lowest BCUT2D eigenvalue weighted by Gasteiger charge is -2.23. The van der Waals surface area contributed by atoms with Crippen LogP contribution in [0.4, 0.5) is 5.13 Å². The fourth-order valence-corrected chi connectivity index (χ4v) is 6.52. The maximum absolute atomic E-state index is 13.5. The Balaban J connectivity index is 1.58. The van der Waals surface area contributed by atoms with Crippen LogP contribution in [0.1, 0.15) is 22.7 Å². The summed E-state index contributed by atoms with van der Waals surface area (Å²) in [6.45, 7) is 0. The number of thioether (sulfide) groups is 1. The van der Waals surface area contributed by atoms with E-state index >= 15 is 0 Å². The van der Waals surface area contributed by atoms with Gasteiger partial charge in [-0.05, 0) is 53.6 Å². The Kier molecular flexibility index (Phi) is 8.32. The van der Waals surface area contributed by atoms with E-state index in [1.165, 1.54) is 30.9 Å². The van der Waals surface area contributed by atoms with Crippen LogP contribution in [0.3, 0.4) is 0 Å². The topological polar surface area (TPSA) is 102 Å². The fourth-order valence-electron chi connectivity index (χ4n) is 4.24. The number of halogens is 2. The van der Waals surface area contributed by atoms with Crippen LogP contribution in [0.2, 0.25) is 10.0 Å². The van der Waals surface area contributed by atoms with Crippen LogP contribution in [0, 0.1) is 0 Å². The van der Waals surface area contributed by atoms with Crippen molar-refractivity contribution >= 4 is 68.9 Å². The smallest absolute Gasteiger partial charge is 0.301 e. The number of hydrogen-bond acceptors (Lipinski definition) is 9. The van der Waals surface area contributed by atoms with E-state index in [4.69, 9.17) is 32.7 Å². The van der Waals surface area contributed by atoms with Crippen molar-refractivity contribution in [2.24, 2.45) is 0 Å². The Hall–Kier alpha value is -3.57. The molecule has 8 nitrogen and oxygen atoms in total. The molecule has 1 unspecified atom stereocenters. The van der Waals surface area contributed by atoms with Crippen LogP contribution >= 0.6 is 46.3 Å². The highest BCUT2D eigenvalue weighted by atomic mass is 35.5. The molecule has 0 bridgehead atoms. The molecule has 2 heterocycles. The third-order valence-electron chi connectivity index (χ3n) is 6.20. The fraction of sp³-hybridized carbons (Fsp3) is 0.143. The van der Waals surface area contributed by atoms with Crippen LogP contribution in [-0.2, 0) is 15.3 Å². The molecule has 1 aliphatic rings. The van der Waals surface area contributed by atoms with Gasteiger partial charge in [0.05, 0.1) is 25.8 Å². The van der Waals surface area contributed by atoms with Gasteiger partial charge in [0.2, 0.25) is 5.13 Å². The number of carbonyl (C=O) groups is 2. The minimum atomic E-state index is -1.01. The summed E-state index contributed by atoms with van der Waals surface area (Å²) in [5.74, 6) is -0.625. The van der Waals surface area contributed by atoms with E-state index in [-0.39, 0.29) is 16.5 Å². The Morgan fingerprint density at radius 1 is 1.00 bits per heavy atom. The van der Waals surface area contributed by atoms with Gasteiger partial charge in [0.1, 0.15) is 5.76 Å². The van der Waals surface area contributed by atoms with Gasteiger partial charge in [-0.15, -0.1) is 10.2 Å². The molecule has 1 saturated heterocycles. The van der Waals surface area contributed by atoms with E-state index in [1.807, 2.05) is 24.3 Å². The number of ether oxygens (including phenoxy) is 2. The van der Waals surface area contributed by atoms with Crippen LogP contribution in [0.5, 0.6) is 11.5 Å². The first-order valence-corrected chi connectivity index (χ1v) is 14.4. The molecule has 0 aliphatic carbocycles. The number of aliphatic hydroxyl groups is 1. The Morgan fingerprint density at radius 2 is 1.73 bits per heavy atom. The third-order valence-corrected chi connectivity index (χ3v) is 8.92. The predicted octanol–water partition coefficient (Wildman–Crippen LogP) is 6.78. The van der Waals surface area contributed by atoms with Crippen molar-refractivity contribution in [3.8, 4) is 11.5 Å². The minimum absolute atomic E-state index is 0.0972. The minimum Gasteiger partial charge on any atom is -0.507 e. The van der Waals surface area contributed by atoms with Gasteiger partial charge in [-0.3, -0.25) is 14.5 Å². The van der Waals surface area contributed by atoms with E-state index in [2.05, 4.69) is 10.2 Å². The van der Waals surface area contributed by atoms with Crippen molar-refractivity contribution in [1.82, 2.24) is 10.2 Å². The molecule has 1 aliphatic heterocycles. The maximum atomic E-state index is 13.5. The molecule has 40 heavy (non-hydrogen) atoms. The Bertz CT molecular complexity index is 1620. The molecule has 3 aromatic carbocycles. The number of aliphatic hydroxyl groups excluding tert-OH is 1. The van der Waals surface area contributed by atoms with Crippen molar-refractivity contribution in [3.05, 3.63) is 99.0 Å². The van der Waals surface area contributed by atoms with Gasteiger partial charge >= 0.3 is 5.91 Å². The molecule has 12 heteroatoms. The Labute approximate surface area is 248 Å². The van der Waals surface area contributed by atoms with E-state index in [9.17, 15) is 14.7 Å². The van der Waals surface area contributed by atoms with E-state index in [0.29, 0.717) is 42.8 Å². The quantitative estimate of drug-likeness (QED) is 0.0762. The number of methoxy groups -OCH3 is 2. The van der Waals surface area contributed by atoms with Crippen LogP contribution in [0.25, 0.3) is 5.76 Å². The van der Waals surface area contributed by atoms with Crippen molar-refractivity contribution in [2.75, 3.05) is 19.1 Å². The number of hydrogen-bond donors (Lipinski definition) is 1. The van der Waals surface area contributed by atoms with Crippen LogP contribution in [0.15, 0.2) is 76.6 Å². The average molecular weight is 615 g/mol. The van der Waals surface area contributed by atoms with Crippen molar-refractivity contribution < 1.29 is 24.2 Å². The van der Waals surface area contributed by atoms with Gasteiger partial charge < -0.3 is 14.6 Å². The maximum Gasteiger partial charge on any atom is 0.301 e. The van der Waals surface area contributed by atoms with Crippen molar-refractivity contribution in [3.63, 3.8) is 0 Å².